The highest BCUT2D eigenvalue weighted by atomic mass is 35.5. The second-order valence-electron chi connectivity index (χ2n) is 4.58. The number of amides is 1. The van der Waals surface area contributed by atoms with Crippen LogP contribution >= 0.6 is 23.2 Å². The highest BCUT2D eigenvalue weighted by molar-refractivity contribution is 6.30. The number of phenols is 1. The van der Waals surface area contributed by atoms with Gasteiger partial charge in [-0.2, -0.15) is 0 Å². The Bertz CT molecular complexity index is 451. The number of hydrogen-bond acceptors (Lipinski definition) is 2. The normalized spacial score (nSPS) is 19.9. The number of hydrogen-bond donors (Lipinski definition) is 1. The fraction of sp³-hybridized carbons (Fsp3) is 0.462. The maximum absolute atomic E-state index is 12.3. The van der Waals surface area contributed by atoms with Crippen LogP contribution in [-0.4, -0.2) is 34.9 Å². The van der Waals surface area contributed by atoms with E-state index in [2.05, 4.69) is 0 Å². The molecule has 1 heterocycles. The Morgan fingerprint density at radius 1 is 1.50 bits per heavy atom. The van der Waals surface area contributed by atoms with Crippen molar-refractivity contribution in [2.24, 2.45) is 5.92 Å². The molecule has 0 aromatic heterocycles. The molecule has 1 aliphatic heterocycles. The topological polar surface area (TPSA) is 40.5 Å². The van der Waals surface area contributed by atoms with Gasteiger partial charge < -0.3 is 10.0 Å². The maximum Gasteiger partial charge on any atom is 0.257 e. The number of rotatable bonds is 2. The molecule has 1 saturated heterocycles. The summed E-state index contributed by atoms with van der Waals surface area (Å²) in [6.45, 7) is 1.37. The number of alkyl halides is 1. The summed E-state index contributed by atoms with van der Waals surface area (Å²) < 4.78 is 0. The summed E-state index contributed by atoms with van der Waals surface area (Å²) in [5.74, 6) is 0.689. The highest BCUT2D eigenvalue weighted by Gasteiger charge is 2.25. The summed E-state index contributed by atoms with van der Waals surface area (Å²) >= 11 is 11.6. The molecule has 0 saturated carbocycles. The lowest BCUT2D eigenvalue weighted by molar-refractivity contribution is 0.0682. The quantitative estimate of drug-likeness (QED) is 0.849. The average molecular weight is 288 g/mol. The first-order chi connectivity index (χ1) is 8.61. The summed E-state index contributed by atoms with van der Waals surface area (Å²) in [5, 5.41) is 10.2. The zero-order valence-electron chi connectivity index (χ0n) is 9.90. The van der Waals surface area contributed by atoms with Crippen LogP contribution in [0.15, 0.2) is 18.2 Å². The molecule has 2 rings (SSSR count). The molecule has 5 heteroatoms. The molecular formula is C13H15Cl2NO2. The number of likely N-dealkylation sites (tertiary alicyclic amines) is 1. The summed E-state index contributed by atoms with van der Waals surface area (Å²) in [4.78, 5) is 14.0. The van der Waals surface area contributed by atoms with E-state index in [0.29, 0.717) is 35.5 Å². The fourth-order valence-corrected chi connectivity index (χ4v) is 2.65. The van der Waals surface area contributed by atoms with Crippen LogP contribution in [0, 0.1) is 5.92 Å². The Morgan fingerprint density at radius 2 is 2.28 bits per heavy atom. The third-order valence-electron chi connectivity index (χ3n) is 3.21. The molecule has 0 radical (unpaired) electrons. The molecule has 18 heavy (non-hydrogen) atoms. The first kappa shape index (κ1) is 13.5. The first-order valence-electron chi connectivity index (χ1n) is 5.95. The van der Waals surface area contributed by atoms with E-state index in [1.165, 1.54) is 6.07 Å². The zero-order valence-corrected chi connectivity index (χ0v) is 11.4. The second kappa shape index (κ2) is 5.81. The average Bonchev–Trinajstić information content (AvgIpc) is 2.38. The van der Waals surface area contributed by atoms with Gasteiger partial charge in [-0.3, -0.25) is 4.79 Å². The number of benzene rings is 1. The Labute approximate surface area is 116 Å². The van der Waals surface area contributed by atoms with E-state index in [1.807, 2.05) is 0 Å². The third kappa shape index (κ3) is 2.90. The van der Waals surface area contributed by atoms with Gasteiger partial charge in [0.15, 0.2) is 0 Å². The van der Waals surface area contributed by atoms with Gasteiger partial charge in [0, 0.05) is 24.0 Å². The molecule has 1 N–H and O–H groups in total. The molecule has 0 aliphatic carbocycles. The van der Waals surface area contributed by atoms with E-state index in [1.54, 1.807) is 17.0 Å². The Hall–Kier alpha value is -0.930. The van der Waals surface area contributed by atoms with Crippen LogP contribution in [0.5, 0.6) is 5.75 Å². The van der Waals surface area contributed by atoms with Gasteiger partial charge in [-0.1, -0.05) is 11.6 Å². The van der Waals surface area contributed by atoms with Crippen molar-refractivity contribution >= 4 is 29.1 Å². The van der Waals surface area contributed by atoms with Crippen molar-refractivity contribution in [3.05, 3.63) is 28.8 Å². The lowest BCUT2D eigenvalue weighted by Gasteiger charge is -2.32. The molecule has 0 bridgehead atoms. The van der Waals surface area contributed by atoms with Crippen LogP contribution in [0.2, 0.25) is 5.02 Å². The number of carbonyl (C=O) groups excluding carboxylic acids is 1. The van der Waals surface area contributed by atoms with Crippen molar-refractivity contribution in [1.82, 2.24) is 4.90 Å². The minimum atomic E-state index is -0.154. The lowest BCUT2D eigenvalue weighted by Crippen LogP contribution is -2.40. The van der Waals surface area contributed by atoms with Gasteiger partial charge in [-0.05, 0) is 37.0 Å². The zero-order chi connectivity index (χ0) is 13.1. The van der Waals surface area contributed by atoms with Gasteiger partial charge >= 0.3 is 0 Å². The van der Waals surface area contributed by atoms with E-state index >= 15 is 0 Å². The van der Waals surface area contributed by atoms with E-state index in [-0.39, 0.29) is 11.7 Å². The predicted molar refractivity (Wildman–Crippen MR) is 72.5 cm³/mol. The smallest absolute Gasteiger partial charge is 0.257 e. The standard InChI is InChI=1S/C13H15Cl2NO2/c14-7-9-2-1-5-16(8-9)13(18)11-4-3-10(15)6-12(11)17/h3-4,6,9,17H,1-2,5,7-8H2. The molecule has 1 atom stereocenters. The minimum absolute atomic E-state index is 0.0690. The number of piperidine rings is 1. The summed E-state index contributed by atoms with van der Waals surface area (Å²) in [7, 11) is 0. The summed E-state index contributed by atoms with van der Waals surface area (Å²) in [5.41, 5.74) is 0.301. The summed E-state index contributed by atoms with van der Waals surface area (Å²) in [6.07, 6.45) is 2.01. The van der Waals surface area contributed by atoms with Crippen LogP contribution in [0.25, 0.3) is 0 Å². The fourth-order valence-electron chi connectivity index (χ4n) is 2.23. The second-order valence-corrected chi connectivity index (χ2v) is 5.32. The molecule has 1 amide bonds. The van der Waals surface area contributed by atoms with Gasteiger partial charge in [-0.15, -0.1) is 11.6 Å². The molecule has 1 unspecified atom stereocenters. The number of carbonyl (C=O) groups is 1. The SMILES string of the molecule is O=C(c1ccc(Cl)cc1O)N1CCCC(CCl)C1. The van der Waals surface area contributed by atoms with Crippen LogP contribution in [0.4, 0.5) is 0 Å². The molecule has 1 aromatic carbocycles. The predicted octanol–water partition coefficient (Wildman–Crippen LogP) is 3.14. The third-order valence-corrected chi connectivity index (χ3v) is 3.89. The van der Waals surface area contributed by atoms with Crippen molar-refractivity contribution in [2.45, 2.75) is 12.8 Å². The molecule has 0 spiro atoms. The van der Waals surface area contributed by atoms with Crippen molar-refractivity contribution < 1.29 is 9.90 Å². The van der Waals surface area contributed by atoms with Crippen LogP contribution in [0.3, 0.4) is 0 Å². The van der Waals surface area contributed by atoms with E-state index < -0.39 is 0 Å². The van der Waals surface area contributed by atoms with Gasteiger partial charge in [0.05, 0.1) is 5.56 Å². The van der Waals surface area contributed by atoms with Crippen molar-refractivity contribution in [3.8, 4) is 5.75 Å². The molecular weight excluding hydrogens is 273 g/mol. The lowest BCUT2D eigenvalue weighted by atomic mass is 9.99. The van der Waals surface area contributed by atoms with Gasteiger partial charge in [0.2, 0.25) is 0 Å². The van der Waals surface area contributed by atoms with Crippen molar-refractivity contribution in [3.63, 3.8) is 0 Å². The van der Waals surface area contributed by atoms with Crippen LogP contribution < -0.4 is 0 Å². The minimum Gasteiger partial charge on any atom is -0.507 e. The van der Waals surface area contributed by atoms with E-state index in [4.69, 9.17) is 23.2 Å². The summed E-state index contributed by atoms with van der Waals surface area (Å²) in [6, 6.07) is 4.56. The maximum atomic E-state index is 12.3. The largest absolute Gasteiger partial charge is 0.507 e. The van der Waals surface area contributed by atoms with E-state index in [0.717, 1.165) is 12.8 Å². The number of aromatic hydroxyl groups is 1. The number of halogens is 2. The van der Waals surface area contributed by atoms with Crippen molar-refractivity contribution in [2.75, 3.05) is 19.0 Å². The van der Waals surface area contributed by atoms with E-state index in [9.17, 15) is 9.90 Å². The Morgan fingerprint density at radius 3 is 2.94 bits per heavy atom. The molecule has 3 nitrogen and oxygen atoms in total. The van der Waals surface area contributed by atoms with Gasteiger partial charge in [-0.25, -0.2) is 0 Å². The van der Waals surface area contributed by atoms with Crippen LogP contribution in [0.1, 0.15) is 23.2 Å². The molecule has 1 aromatic rings. The van der Waals surface area contributed by atoms with Crippen LogP contribution in [-0.2, 0) is 0 Å². The highest BCUT2D eigenvalue weighted by Crippen LogP contribution is 2.25. The molecule has 98 valence electrons. The monoisotopic (exact) mass is 287 g/mol. The Kier molecular flexibility index (Phi) is 4.36. The molecule has 1 fully saturated rings. The number of phenolic OH excluding ortho intramolecular Hbond substituents is 1. The number of nitrogens with zero attached hydrogens (tertiary/aromatic N) is 1. The first-order valence-corrected chi connectivity index (χ1v) is 6.87. The van der Waals surface area contributed by atoms with Gasteiger partial charge in [0.1, 0.15) is 5.75 Å². The Balaban J connectivity index is 2.15. The van der Waals surface area contributed by atoms with Gasteiger partial charge in [0.25, 0.3) is 5.91 Å². The van der Waals surface area contributed by atoms with Crippen molar-refractivity contribution in [1.29, 1.82) is 0 Å². The molecule has 1 aliphatic rings.